The van der Waals surface area contributed by atoms with Crippen molar-refractivity contribution in [3.63, 3.8) is 0 Å². The zero-order valence-corrected chi connectivity index (χ0v) is 23.4. The molecule has 0 amide bonds. The van der Waals surface area contributed by atoms with E-state index in [-0.39, 0.29) is 26.0 Å². The molecule has 2 aliphatic rings. The van der Waals surface area contributed by atoms with Crippen LogP contribution in [0.1, 0.15) is 60.7 Å². The summed E-state index contributed by atoms with van der Waals surface area (Å²) in [7, 11) is 1.24. The van der Waals surface area contributed by atoms with Crippen LogP contribution in [0.5, 0.6) is 0 Å². The second-order valence-electron chi connectivity index (χ2n) is 10.3. The molecule has 0 saturated carbocycles. The highest BCUT2D eigenvalue weighted by molar-refractivity contribution is 5.79. The van der Waals surface area contributed by atoms with Crippen LogP contribution in [0.2, 0.25) is 0 Å². The fourth-order valence-corrected chi connectivity index (χ4v) is 5.13. The van der Waals surface area contributed by atoms with Gasteiger partial charge in [-0.05, 0) is 51.2 Å². The molecule has 1 saturated heterocycles. The summed E-state index contributed by atoms with van der Waals surface area (Å²) in [6.07, 6.45) is 3.71. The van der Waals surface area contributed by atoms with Crippen molar-refractivity contribution in [3.8, 4) is 0 Å². The van der Waals surface area contributed by atoms with Gasteiger partial charge in [0, 0.05) is 43.4 Å². The van der Waals surface area contributed by atoms with E-state index in [0.29, 0.717) is 17.6 Å². The average molecular weight is 555 g/mol. The number of ether oxygens (including phenoxy) is 2. The molecule has 0 bridgehead atoms. The lowest BCUT2D eigenvalue weighted by Crippen LogP contribution is -2.35. The van der Waals surface area contributed by atoms with E-state index in [1.807, 2.05) is 6.92 Å². The third kappa shape index (κ3) is 7.36. The monoisotopic (exact) mass is 554 g/mol. The molecule has 0 aromatic carbocycles. The smallest absolute Gasteiger partial charge is 0.308 e. The minimum absolute atomic E-state index is 0.0156. The van der Waals surface area contributed by atoms with Gasteiger partial charge in [0.1, 0.15) is 29.9 Å². The van der Waals surface area contributed by atoms with Crippen LogP contribution in [0.4, 0.5) is 17.5 Å². The van der Waals surface area contributed by atoms with Crippen LogP contribution in [-0.4, -0.2) is 77.9 Å². The number of rotatable bonds is 11. The van der Waals surface area contributed by atoms with E-state index in [1.54, 1.807) is 6.92 Å². The number of carbonyl (C=O) groups excluding carboxylic acids is 2. The van der Waals surface area contributed by atoms with Crippen LogP contribution >= 0.6 is 0 Å². The molecule has 1 fully saturated rings. The Labute approximate surface area is 233 Å². The van der Waals surface area contributed by atoms with E-state index in [4.69, 9.17) is 14.7 Å². The molecule has 0 unspecified atom stereocenters. The van der Waals surface area contributed by atoms with Crippen LogP contribution in [-0.2, 0) is 30.3 Å². The van der Waals surface area contributed by atoms with Crippen LogP contribution < -0.4 is 15.5 Å². The highest BCUT2D eigenvalue weighted by atomic mass is 16.5. The van der Waals surface area contributed by atoms with Crippen molar-refractivity contribution in [1.29, 1.82) is 0 Å². The highest BCUT2D eigenvalue weighted by Gasteiger charge is 2.27. The SMILES string of the molecule is COC(=O)CCOC(=O)C[C@@H](CNc1nc(C)nc(N2CCC(c3ccc4c(n3)NCCC4)CC2)c1C)C(=O)O. The predicted octanol–water partition coefficient (Wildman–Crippen LogP) is 2.84. The van der Waals surface area contributed by atoms with E-state index in [9.17, 15) is 19.5 Å². The Morgan fingerprint density at radius 1 is 1.15 bits per heavy atom. The number of esters is 2. The number of aryl methyl sites for hydroxylation is 2. The Morgan fingerprint density at radius 2 is 1.93 bits per heavy atom. The molecule has 2 aromatic rings. The van der Waals surface area contributed by atoms with E-state index in [0.717, 1.165) is 68.2 Å². The molecule has 4 rings (SSSR count). The molecule has 2 aliphatic heterocycles. The summed E-state index contributed by atoms with van der Waals surface area (Å²) in [6, 6.07) is 4.38. The van der Waals surface area contributed by atoms with E-state index in [1.165, 1.54) is 12.7 Å². The quantitative estimate of drug-likeness (QED) is 0.350. The van der Waals surface area contributed by atoms with Crippen LogP contribution in [0.15, 0.2) is 12.1 Å². The number of anilines is 3. The third-order valence-electron chi connectivity index (χ3n) is 7.44. The van der Waals surface area contributed by atoms with E-state index >= 15 is 0 Å². The maximum absolute atomic E-state index is 12.1. The number of aromatic nitrogens is 3. The van der Waals surface area contributed by atoms with Gasteiger partial charge < -0.3 is 30.1 Å². The van der Waals surface area contributed by atoms with Crippen molar-refractivity contribution < 1.29 is 29.0 Å². The van der Waals surface area contributed by atoms with Crippen molar-refractivity contribution >= 4 is 35.4 Å². The number of aliphatic carboxylic acids is 1. The maximum atomic E-state index is 12.1. The minimum Gasteiger partial charge on any atom is -0.481 e. The second kappa shape index (κ2) is 13.4. The molecule has 4 heterocycles. The fourth-order valence-electron chi connectivity index (χ4n) is 5.13. The summed E-state index contributed by atoms with van der Waals surface area (Å²) in [4.78, 5) is 51.5. The molecular weight excluding hydrogens is 516 g/mol. The first kappa shape index (κ1) is 29.0. The van der Waals surface area contributed by atoms with Gasteiger partial charge in [-0.2, -0.15) is 0 Å². The number of methoxy groups -OCH3 is 1. The van der Waals surface area contributed by atoms with Gasteiger partial charge in [0.15, 0.2) is 0 Å². The van der Waals surface area contributed by atoms with Gasteiger partial charge in [0.05, 0.1) is 25.9 Å². The standard InChI is InChI=1S/C28H38N6O6/c1-17-25(30-16-21(28(37)38)15-24(36)40-14-10-23(35)39-3)31-18(2)32-27(17)34-12-8-19(9-13-34)22-7-6-20-5-4-11-29-26(20)33-22/h6-7,19,21H,4-5,8-16H2,1-3H3,(H,29,33)(H,37,38)(H,30,31,32)/t21-/m0/s1. The molecule has 1 atom stereocenters. The van der Waals surface area contributed by atoms with Crippen molar-refractivity contribution in [2.24, 2.45) is 5.92 Å². The fraction of sp³-hybridized carbons (Fsp3) is 0.571. The Hall–Kier alpha value is -3.96. The second-order valence-corrected chi connectivity index (χ2v) is 10.3. The topological polar surface area (TPSA) is 156 Å². The molecule has 12 heteroatoms. The first-order valence-corrected chi connectivity index (χ1v) is 13.8. The van der Waals surface area contributed by atoms with Gasteiger partial charge in [-0.3, -0.25) is 14.4 Å². The number of nitrogens with zero attached hydrogens (tertiary/aromatic N) is 4. The lowest BCUT2D eigenvalue weighted by molar-refractivity contribution is -0.153. The van der Waals surface area contributed by atoms with Gasteiger partial charge in [-0.15, -0.1) is 0 Å². The Balaban J connectivity index is 1.35. The lowest BCUT2D eigenvalue weighted by atomic mass is 9.92. The number of fused-ring (bicyclic) bond motifs is 1. The van der Waals surface area contributed by atoms with Crippen LogP contribution in [0.3, 0.4) is 0 Å². The van der Waals surface area contributed by atoms with Gasteiger partial charge in [0.25, 0.3) is 0 Å². The number of hydrogen-bond acceptors (Lipinski definition) is 11. The Kier molecular flexibility index (Phi) is 9.73. The predicted molar refractivity (Wildman–Crippen MR) is 149 cm³/mol. The average Bonchev–Trinajstić information content (AvgIpc) is 2.96. The minimum atomic E-state index is -1.13. The van der Waals surface area contributed by atoms with Crippen molar-refractivity contribution in [2.75, 3.05) is 55.4 Å². The van der Waals surface area contributed by atoms with Gasteiger partial charge >= 0.3 is 17.9 Å². The maximum Gasteiger partial charge on any atom is 0.308 e. The molecule has 0 spiro atoms. The molecule has 216 valence electrons. The first-order valence-electron chi connectivity index (χ1n) is 13.8. The summed E-state index contributed by atoms with van der Waals surface area (Å²) in [6.45, 7) is 6.16. The lowest BCUT2D eigenvalue weighted by Gasteiger charge is -2.34. The largest absolute Gasteiger partial charge is 0.481 e. The normalized spacial score (nSPS) is 15.9. The first-order chi connectivity index (χ1) is 19.2. The molecule has 3 N–H and O–H groups in total. The number of nitrogens with one attached hydrogen (secondary N) is 2. The number of piperidine rings is 1. The number of carbonyl (C=O) groups is 3. The van der Waals surface area contributed by atoms with Crippen molar-refractivity contribution in [3.05, 3.63) is 34.8 Å². The molecule has 0 aliphatic carbocycles. The summed E-state index contributed by atoms with van der Waals surface area (Å²) in [5.74, 6) is -0.0186. The highest BCUT2D eigenvalue weighted by Crippen LogP contribution is 2.33. The number of carboxylic acid groups (broad SMARTS) is 1. The van der Waals surface area contributed by atoms with Gasteiger partial charge in [-0.1, -0.05) is 6.07 Å². The zero-order chi connectivity index (χ0) is 28.6. The van der Waals surface area contributed by atoms with Crippen molar-refractivity contribution in [2.45, 2.75) is 58.3 Å². The van der Waals surface area contributed by atoms with Crippen LogP contribution in [0, 0.1) is 19.8 Å². The molecule has 40 heavy (non-hydrogen) atoms. The summed E-state index contributed by atoms with van der Waals surface area (Å²) < 4.78 is 9.49. The summed E-state index contributed by atoms with van der Waals surface area (Å²) >= 11 is 0. The molecular formula is C28H38N6O6. The number of hydrogen-bond donors (Lipinski definition) is 3. The Bertz CT molecular complexity index is 1230. The number of pyridine rings is 1. The van der Waals surface area contributed by atoms with Crippen LogP contribution in [0.25, 0.3) is 0 Å². The molecule has 0 radical (unpaired) electrons. The van der Waals surface area contributed by atoms with Gasteiger partial charge in [0.2, 0.25) is 0 Å². The van der Waals surface area contributed by atoms with Gasteiger partial charge in [-0.25, -0.2) is 15.0 Å². The molecule has 2 aromatic heterocycles. The summed E-state index contributed by atoms with van der Waals surface area (Å²) in [5.41, 5.74) is 3.25. The zero-order valence-electron chi connectivity index (χ0n) is 23.4. The number of carboxylic acids is 1. The third-order valence-corrected chi connectivity index (χ3v) is 7.44. The van der Waals surface area contributed by atoms with E-state index in [2.05, 4.69) is 37.4 Å². The van der Waals surface area contributed by atoms with E-state index < -0.39 is 23.8 Å². The van der Waals surface area contributed by atoms with Crippen molar-refractivity contribution in [1.82, 2.24) is 15.0 Å². The Morgan fingerprint density at radius 3 is 2.65 bits per heavy atom. The molecule has 12 nitrogen and oxygen atoms in total. The summed E-state index contributed by atoms with van der Waals surface area (Å²) in [5, 5.41) is 16.2.